The summed E-state index contributed by atoms with van der Waals surface area (Å²) in [5, 5.41) is 19.7. The molecule has 0 saturated carbocycles. The van der Waals surface area contributed by atoms with Gasteiger partial charge in [-0.25, -0.2) is 0 Å². The minimum Gasteiger partial charge on any atom is -0.423 e. The number of thiophene rings is 1. The first-order valence-corrected chi connectivity index (χ1v) is 5.81. The van der Waals surface area contributed by atoms with Gasteiger partial charge in [-0.3, -0.25) is 0 Å². The molecule has 80 valence electrons. The first kappa shape index (κ1) is 11.1. The highest BCUT2D eigenvalue weighted by molar-refractivity contribution is 7.12. The predicted molar refractivity (Wildman–Crippen MR) is 69.5 cm³/mol. The number of rotatable bonds is 3. The van der Waals surface area contributed by atoms with E-state index in [9.17, 15) is 0 Å². The minimum atomic E-state index is -1.38. The standard InChI is InChI=1S/C12H11BO2S/c14-13(15)11-8-12(16-9-11)7-6-10-4-2-1-3-5-10/h1-9,14-15H/b7-6+. The molecular formula is C12H11BO2S. The third kappa shape index (κ3) is 2.82. The van der Waals surface area contributed by atoms with Crippen LogP contribution < -0.4 is 5.46 Å². The van der Waals surface area contributed by atoms with Crippen LogP contribution in [-0.2, 0) is 0 Å². The van der Waals surface area contributed by atoms with Crippen molar-refractivity contribution in [2.75, 3.05) is 0 Å². The van der Waals surface area contributed by atoms with Crippen LogP contribution in [0.15, 0.2) is 41.8 Å². The topological polar surface area (TPSA) is 40.5 Å². The molecule has 0 aliphatic heterocycles. The predicted octanol–water partition coefficient (Wildman–Crippen LogP) is 1.60. The van der Waals surface area contributed by atoms with E-state index in [0.717, 1.165) is 10.4 Å². The summed E-state index contributed by atoms with van der Waals surface area (Å²) in [6.45, 7) is 0. The van der Waals surface area contributed by atoms with Crippen molar-refractivity contribution < 1.29 is 10.0 Å². The molecule has 0 aliphatic carbocycles. The molecule has 0 amide bonds. The third-order valence-electron chi connectivity index (χ3n) is 2.18. The van der Waals surface area contributed by atoms with Crippen molar-refractivity contribution in [3.8, 4) is 0 Å². The summed E-state index contributed by atoms with van der Waals surface area (Å²) in [5.74, 6) is 0. The fourth-order valence-electron chi connectivity index (χ4n) is 1.33. The molecule has 0 bridgehead atoms. The van der Waals surface area contributed by atoms with Gasteiger partial charge in [-0.2, -0.15) is 0 Å². The van der Waals surface area contributed by atoms with Gasteiger partial charge in [-0.05, 0) is 28.5 Å². The molecule has 2 N–H and O–H groups in total. The Kier molecular flexibility index (Phi) is 3.56. The van der Waals surface area contributed by atoms with Crippen LogP contribution in [0.5, 0.6) is 0 Å². The van der Waals surface area contributed by atoms with E-state index < -0.39 is 7.12 Å². The number of benzene rings is 1. The molecule has 0 saturated heterocycles. The molecule has 4 heteroatoms. The summed E-state index contributed by atoms with van der Waals surface area (Å²) in [6.07, 6.45) is 3.96. The first-order valence-electron chi connectivity index (χ1n) is 4.93. The zero-order chi connectivity index (χ0) is 11.4. The Hall–Kier alpha value is -1.36. The smallest absolute Gasteiger partial charge is 0.423 e. The van der Waals surface area contributed by atoms with Crippen LogP contribution in [0, 0.1) is 0 Å². The Morgan fingerprint density at radius 2 is 1.81 bits per heavy atom. The maximum Gasteiger partial charge on any atom is 0.489 e. The highest BCUT2D eigenvalue weighted by atomic mass is 32.1. The molecule has 0 unspecified atom stereocenters. The maximum absolute atomic E-state index is 8.96. The number of hydrogen-bond donors (Lipinski definition) is 2. The van der Waals surface area contributed by atoms with Crippen LogP contribution in [0.4, 0.5) is 0 Å². The van der Waals surface area contributed by atoms with Crippen molar-refractivity contribution in [2.45, 2.75) is 0 Å². The summed E-state index contributed by atoms with van der Waals surface area (Å²) >= 11 is 1.49. The fourth-order valence-corrected chi connectivity index (χ4v) is 2.15. The first-order chi connectivity index (χ1) is 7.75. The molecule has 2 nitrogen and oxygen atoms in total. The van der Waals surface area contributed by atoms with E-state index in [4.69, 9.17) is 10.0 Å². The zero-order valence-corrected chi connectivity index (χ0v) is 9.39. The van der Waals surface area contributed by atoms with E-state index >= 15 is 0 Å². The Bertz CT molecular complexity index is 477. The monoisotopic (exact) mass is 230 g/mol. The maximum atomic E-state index is 8.96. The van der Waals surface area contributed by atoms with E-state index in [1.165, 1.54) is 11.3 Å². The average Bonchev–Trinajstić information content (AvgIpc) is 2.76. The zero-order valence-electron chi connectivity index (χ0n) is 8.58. The van der Waals surface area contributed by atoms with Gasteiger partial charge in [0.05, 0.1) is 0 Å². The molecule has 0 radical (unpaired) electrons. The lowest BCUT2D eigenvalue weighted by molar-refractivity contribution is 0.426. The Labute approximate surface area is 98.7 Å². The van der Waals surface area contributed by atoms with E-state index in [1.807, 2.05) is 42.5 Å². The molecule has 0 atom stereocenters. The molecule has 2 rings (SSSR count). The van der Waals surface area contributed by atoms with Gasteiger partial charge < -0.3 is 10.0 Å². The Morgan fingerprint density at radius 1 is 1.06 bits per heavy atom. The summed E-state index contributed by atoms with van der Waals surface area (Å²) in [6, 6.07) is 11.8. The quantitative estimate of drug-likeness (QED) is 0.786. The molecular weight excluding hydrogens is 219 g/mol. The molecule has 0 fully saturated rings. The van der Waals surface area contributed by atoms with Crippen molar-refractivity contribution in [2.24, 2.45) is 0 Å². The van der Waals surface area contributed by atoms with Gasteiger partial charge >= 0.3 is 7.12 Å². The van der Waals surface area contributed by atoms with Gasteiger partial charge in [0.1, 0.15) is 0 Å². The number of hydrogen-bond acceptors (Lipinski definition) is 3. The van der Waals surface area contributed by atoms with Crippen molar-refractivity contribution >= 4 is 36.1 Å². The van der Waals surface area contributed by atoms with Gasteiger partial charge in [0.25, 0.3) is 0 Å². The highest BCUT2D eigenvalue weighted by Gasteiger charge is 2.11. The van der Waals surface area contributed by atoms with E-state index in [-0.39, 0.29) is 0 Å². The van der Waals surface area contributed by atoms with Crippen molar-refractivity contribution in [1.29, 1.82) is 0 Å². The molecule has 1 heterocycles. The molecule has 1 aromatic heterocycles. The summed E-state index contributed by atoms with van der Waals surface area (Å²) in [7, 11) is -1.38. The van der Waals surface area contributed by atoms with Crippen LogP contribution in [0.25, 0.3) is 12.2 Å². The minimum absolute atomic E-state index is 0.540. The van der Waals surface area contributed by atoms with Crippen LogP contribution >= 0.6 is 11.3 Å². The van der Waals surface area contributed by atoms with Crippen molar-refractivity contribution in [1.82, 2.24) is 0 Å². The lowest BCUT2D eigenvalue weighted by Gasteiger charge is -1.90. The average molecular weight is 230 g/mol. The molecule has 2 aromatic rings. The van der Waals surface area contributed by atoms with Gasteiger partial charge in [0, 0.05) is 4.88 Å². The summed E-state index contributed by atoms with van der Waals surface area (Å²) in [4.78, 5) is 1.01. The second kappa shape index (κ2) is 5.12. The van der Waals surface area contributed by atoms with Gasteiger partial charge in [-0.1, -0.05) is 36.4 Å². The lowest BCUT2D eigenvalue weighted by atomic mass is 9.83. The van der Waals surface area contributed by atoms with Gasteiger partial charge in [0.15, 0.2) is 0 Å². The van der Waals surface area contributed by atoms with E-state index in [2.05, 4.69) is 0 Å². The Balaban J connectivity index is 2.12. The molecule has 16 heavy (non-hydrogen) atoms. The highest BCUT2D eigenvalue weighted by Crippen LogP contribution is 2.12. The molecule has 0 aliphatic rings. The largest absolute Gasteiger partial charge is 0.489 e. The van der Waals surface area contributed by atoms with Crippen molar-refractivity contribution in [3.05, 3.63) is 52.2 Å². The van der Waals surface area contributed by atoms with Gasteiger partial charge in [0.2, 0.25) is 0 Å². The van der Waals surface area contributed by atoms with Crippen LogP contribution in [0.2, 0.25) is 0 Å². The van der Waals surface area contributed by atoms with Crippen LogP contribution in [-0.4, -0.2) is 17.2 Å². The van der Waals surface area contributed by atoms with Gasteiger partial charge in [-0.15, -0.1) is 11.3 Å². The van der Waals surface area contributed by atoms with Crippen molar-refractivity contribution in [3.63, 3.8) is 0 Å². The lowest BCUT2D eigenvalue weighted by Crippen LogP contribution is -2.27. The second-order valence-electron chi connectivity index (χ2n) is 3.40. The van der Waals surface area contributed by atoms with Crippen LogP contribution in [0.3, 0.4) is 0 Å². The summed E-state index contributed by atoms with van der Waals surface area (Å²) < 4.78 is 0. The second-order valence-corrected chi connectivity index (χ2v) is 4.34. The van der Waals surface area contributed by atoms with E-state index in [0.29, 0.717) is 5.46 Å². The van der Waals surface area contributed by atoms with E-state index in [1.54, 1.807) is 11.4 Å². The fraction of sp³-hybridized carbons (Fsp3) is 0. The molecule has 0 spiro atoms. The summed E-state index contributed by atoms with van der Waals surface area (Å²) in [5.41, 5.74) is 1.67. The SMILES string of the molecule is OB(O)c1csc(/C=C/c2ccccc2)c1. The Morgan fingerprint density at radius 3 is 2.44 bits per heavy atom. The molecule has 1 aromatic carbocycles. The normalized spacial score (nSPS) is 10.9. The third-order valence-corrected chi connectivity index (χ3v) is 3.09. The van der Waals surface area contributed by atoms with Crippen LogP contribution in [0.1, 0.15) is 10.4 Å².